The summed E-state index contributed by atoms with van der Waals surface area (Å²) in [6.45, 7) is 6.37. The number of ether oxygens (including phenoxy) is 1. The third kappa shape index (κ3) is 5.78. The summed E-state index contributed by atoms with van der Waals surface area (Å²) in [5.41, 5.74) is 1.16. The Hall–Kier alpha value is -1.44. The molecule has 1 amide bonds. The van der Waals surface area contributed by atoms with E-state index in [-0.39, 0.29) is 42.1 Å². The molecule has 0 radical (unpaired) electrons. The van der Waals surface area contributed by atoms with Gasteiger partial charge in [-0.05, 0) is 38.7 Å². The van der Waals surface area contributed by atoms with Gasteiger partial charge in [-0.15, -0.1) is 0 Å². The van der Waals surface area contributed by atoms with Crippen molar-refractivity contribution in [2.24, 2.45) is 0 Å². The molecule has 2 atom stereocenters. The van der Waals surface area contributed by atoms with Crippen molar-refractivity contribution in [2.75, 3.05) is 31.2 Å². The zero-order valence-electron chi connectivity index (χ0n) is 16.9. The molecule has 0 saturated carbocycles. The fraction of sp³-hybridized carbons (Fsp3) is 0.667. The SMILES string of the molecule is CC(C)N(CC(=O)N(CC1CCCO1)C1CCS(=O)(=O)C1)Cc1ccccc1. The second kappa shape index (κ2) is 9.37. The fourth-order valence-corrected chi connectivity index (χ4v) is 5.72. The molecule has 1 aromatic rings. The Kier molecular flexibility index (Phi) is 7.12. The van der Waals surface area contributed by atoms with Gasteiger partial charge in [0.15, 0.2) is 9.84 Å². The van der Waals surface area contributed by atoms with E-state index >= 15 is 0 Å². The summed E-state index contributed by atoms with van der Waals surface area (Å²) in [6.07, 6.45) is 2.48. The summed E-state index contributed by atoms with van der Waals surface area (Å²) in [5.74, 6) is 0.249. The number of amides is 1. The van der Waals surface area contributed by atoms with E-state index in [1.165, 1.54) is 0 Å². The minimum Gasteiger partial charge on any atom is -0.376 e. The summed E-state index contributed by atoms with van der Waals surface area (Å²) in [4.78, 5) is 17.2. The summed E-state index contributed by atoms with van der Waals surface area (Å²) < 4.78 is 29.7. The van der Waals surface area contributed by atoms with Gasteiger partial charge in [-0.2, -0.15) is 0 Å². The highest BCUT2D eigenvalue weighted by atomic mass is 32.2. The fourth-order valence-electron chi connectivity index (χ4n) is 3.99. The highest BCUT2D eigenvalue weighted by Crippen LogP contribution is 2.22. The van der Waals surface area contributed by atoms with E-state index in [1.807, 2.05) is 18.2 Å². The second-order valence-corrected chi connectivity index (χ2v) is 10.5. The number of carbonyl (C=O) groups excluding carboxylic acids is 1. The molecule has 3 rings (SSSR count). The molecule has 7 heteroatoms. The van der Waals surface area contributed by atoms with E-state index in [1.54, 1.807) is 4.90 Å². The monoisotopic (exact) mass is 408 g/mol. The van der Waals surface area contributed by atoms with E-state index in [0.29, 0.717) is 19.5 Å². The van der Waals surface area contributed by atoms with Crippen LogP contribution in [-0.4, -0.2) is 73.5 Å². The van der Waals surface area contributed by atoms with Gasteiger partial charge in [0.1, 0.15) is 0 Å². The van der Waals surface area contributed by atoms with Gasteiger partial charge >= 0.3 is 0 Å². The Morgan fingerprint density at radius 1 is 1.21 bits per heavy atom. The lowest BCUT2D eigenvalue weighted by Crippen LogP contribution is -2.50. The molecule has 2 aliphatic rings. The van der Waals surface area contributed by atoms with Crippen molar-refractivity contribution in [1.82, 2.24) is 9.80 Å². The van der Waals surface area contributed by atoms with Crippen LogP contribution in [0.2, 0.25) is 0 Å². The summed E-state index contributed by atoms with van der Waals surface area (Å²) in [5, 5.41) is 0. The van der Waals surface area contributed by atoms with Gasteiger partial charge in [-0.1, -0.05) is 30.3 Å². The molecule has 6 nitrogen and oxygen atoms in total. The van der Waals surface area contributed by atoms with Crippen molar-refractivity contribution in [2.45, 2.75) is 57.8 Å². The Bertz CT molecular complexity index is 745. The van der Waals surface area contributed by atoms with Crippen LogP contribution in [0.4, 0.5) is 0 Å². The van der Waals surface area contributed by atoms with Crippen LogP contribution in [0.1, 0.15) is 38.7 Å². The van der Waals surface area contributed by atoms with Crippen LogP contribution >= 0.6 is 0 Å². The van der Waals surface area contributed by atoms with Gasteiger partial charge in [0.25, 0.3) is 0 Å². The molecule has 0 aliphatic carbocycles. The molecular weight excluding hydrogens is 376 g/mol. The Morgan fingerprint density at radius 3 is 2.54 bits per heavy atom. The third-order valence-electron chi connectivity index (χ3n) is 5.69. The second-order valence-electron chi connectivity index (χ2n) is 8.22. The molecule has 2 aliphatic heterocycles. The average molecular weight is 409 g/mol. The predicted molar refractivity (Wildman–Crippen MR) is 110 cm³/mol. The first-order chi connectivity index (χ1) is 13.3. The van der Waals surface area contributed by atoms with E-state index in [0.717, 1.165) is 25.0 Å². The van der Waals surface area contributed by atoms with Gasteiger partial charge < -0.3 is 9.64 Å². The maximum Gasteiger partial charge on any atom is 0.237 e. The van der Waals surface area contributed by atoms with Crippen molar-refractivity contribution in [3.8, 4) is 0 Å². The van der Waals surface area contributed by atoms with Crippen LogP contribution in [-0.2, 0) is 25.9 Å². The molecule has 0 N–H and O–H groups in total. The quantitative estimate of drug-likeness (QED) is 0.659. The summed E-state index contributed by atoms with van der Waals surface area (Å²) in [7, 11) is -3.05. The number of rotatable bonds is 8. The van der Waals surface area contributed by atoms with Gasteiger partial charge in [0.05, 0.1) is 24.2 Å². The van der Waals surface area contributed by atoms with Crippen LogP contribution < -0.4 is 0 Å². The number of benzene rings is 1. The van der Waals surface area contributed by atoms with Crippen molar-refractivity contribution in [3.63, 3.8) is 0 Å². The molecule has 156 valence electrons. The molecule has 0 spiro atoms. The van der Waals surface area contributed by atoms with E-state index in [4.69, 9.17) is 4.74 Å². The van der Waals surface area contributed by atoms with Crippen molar-refractivity contribution >= 4 is 15.7 Å². The lowest BCUT2D eigenvalue weighted by molar-refractivity contribution is -0.136. The predicted octanol–water partition coefficient (Wildman–Crippen LogP) is 2.09. The Labute approximate surface area is 168 Å². The van der Waals surface area contributed by atoms with Crippen LogP contribution in [0, 0.1) is 0 Å². The van der Waals surface area contributed by atoms with Gasteiger partial charge in [-0.25, -0.2) is 8.42 Å². The molecule has 2 heterocycles. The number of carbonyl (C=O) groups is 1. The molecule has 2 unspecified atom stereocenters. The standard InChI is InChI=1S/C21H32N2O4S/c1-17(2)22(13-18-7-4-3-5-8-18)15-21(24)23(14-20-9-6-11-27-20)19-10-12-28(25,26)16-19/h3-5,7-8,17,19-20H,6,9-16H2,1-2H3. The molecule has 1 aromatic carbocycles. The minimum absolute atomic E-state index is 0.00207. The number of sulfone groups is 1. The smallest absolute Gasteiger partial charge is 0.237 e. The number of hydrogen-bond donors (Lipinski definition) is 0. The van der Waals surface area contributed by atoms with E-state index < -0.39 is 9.84 Å². The molecule has 2 fully saturated rings. The average Bonchev–Trinajstić information content (AvgIpc) is 3.29. The van der Waals surface area contributed by atoms with Crippen molar-refractivity contribution in [3.05, 3.63) is 35.9 Å². The van der Waals surface area contributed by atoms with Gasteiger partial charge in [0, 0.05) is 31.8 Å². The Balaban J connectivity index is 1.71. The van der Waals surface area contributed by atoms with Crippen molar-refractivity contribution in [1.29, 1.82) is 0 Å². The lowest BCUT2D eigenvalue weighted by atomic mass is 10.1. The van der Waals surface area contributed by atoms with Crippen LogP contribution in [0.15, 0.2) is 30.3 Å². The zero-order chi connectivity index (χ0) is 20.1. The van der Waals surface area contributed by atoms with E-state index in [9.17, 15) is 13.2 Å². The van der Waals surface area contributed by atoms with Crippen LogP contribution in [0.5, 0.6) is 0 Å². The maximum atomic E-state index is 13.3. The van der Waals surface area contributed by atoms with Crippen LogP contribution in [0.25, 0.3) is 0 Å². The lowest BCUT2D eigenvalue weighted by Gasteiger charge is -2.34. The first-order valence-electron chi connectivity index (χ1n) is 10.2. The number of hydrogen-bond acceptors (Lipinski definition) is 5. The third-order valence-corrected chi connectivity index (χ3v) is 7.44. The molecule has 28 heavy (non-hydrogen) atoms. The zero-order valence-corrected chi connectivity index (χ0v) is 17.7. The normalized spacial score (nSPS) is 24.1. The van der Waals surface area contributed by atoms with Gasteiger partial charge in [0.2, 0.25) is 5.91 Å². The summed E-state index contributed by atoms with van der Waals surface area (Å²) in [6, 6.07) is 10.1. The highest BCUT2D eigenvalue weighted by Gasteiger charge is 2.36. The van der Waals surface area contributed by atoms with Crippen LogP contribution in [0.3, 0.4) is 0 Å². The molecule has 0 aromatic heterocycles. The van der Waals surface area contributed by atoms with Gasteiger partial charge in [-0.3, -0.25) is 9.69 Å². The summed E-state index contributed by atoms with van der Waals surface area (Å²) >= 11 is 0. The molecule has 0 bridgehead atoms. The number of nitrogens with zero attached hydrogens (tertiary/aromatic N) is 2. The Morgan fingerprint density at radius 2 is 1.96 bits per heavy atom. The largest absolute Gasteiger partial charge is 0.376 e. The topological polar surface area (TPSA) is 66.9 Å². The van der Waals surface area contributed by atoms with Crippen molar-refractivity contribution < 1.29 is 17.9 Å². The molecular formula is C21H32N2O4S. The first kappa shape index (κ1) is 21.3. The first-order valence-corrected chi connectivity index (χ1v) is 12.1. The van der Waals surface area contributed by atoms with E-state index in [2.05, 4.69) is 30.9 Å². The highest BCUT2D eigenvalue weighted by molar-refractivity contribution is 7.91. The minimum atomic E-state index is -3.05. The maximum absolute atomic E-state index is 13.3. The molecule has 2 saturated heterocycles.